The van der Waals surface area contributed by atoms with Crippen LogP contribution in [0.25, 0.3) is 16.5 Å². The highest BCUT2D eigenvalue weighted by atomic mass is 35.7. The zero-order valence-corrected chi connectivity index (χ0v) is 13.6. The molecule has 0 spiro atoms. The lowest BCUT2D eigenvalue weighted by Gasteiger charge is -2.21. The highest BCUT2D eigenvalue weighted by Crippen LogP contribution is 2.32. The van der Waals surface area contributed by atoms with Gasteiger partial charge in [0.05, 0.1) is 16.6 Å². The topological polar surface area (TPSA) is 97.6 Å². The standard InChI is InChI=1S/C17H13ClN3O4/c22-18(23,24)25-21-16(14-7-2-1-3-8-14)12-19-20-11-10-13-6-4-5-9-15(13)17(20)21/h1-12,19H/q+1. The van der Waals surface area contributed by atoms with Crippen molar-refractivity contribution in [3.8, 4) is 0 Å². The number of nitrogens with zero attached hydrogens (tertiary/aromatic N) is 2. The van der Waals surface area contributed by atoms with E-state index < -0.39 is 10.2 Å². The molecule has 2 heterocycles. The zero-order valence-electron chi connectivity index (χ0n) is 12.8. The van der Waals surface area contributed by atoms with E-state index in [1.54, 1.807) is 29.2 Å². The number of anilines is 1. The van der Waals surface area contributed by atoms with Crippen molar-refractivity contribution >= 4 is 22.3 Å². The summed E-state index contributed by atoms with van der Waals surface area (Å²) >= 11 is 0. The summed E-state index contributed by atoms with van der Waals surface area (Å²) in [5.41, 5.74) is 4.13. The predicted octanol–water partition coefficient (Wildman–Crippen LogP) is -0.682. The van der Waals surface area contributed by atoms with Crippen molar-refractivity contribution < 1.29 is 33.3 Å². The van der Waals surface area contributed by atoms with Crippen LogP contribution < -0.4 is 29.1 Å². The van der Waals surface area contributed by atoms with Crippen molar-refractivity contribution in [2.75, 3.05) is 10.5 Å². The molecule has 0 saturated heterocycles. The van der Waals surface area contributed by atoms with Crippen LogP contribution in [0.3, 0.4) is 0 Å². The summed E-state index contributed by atoms with van der Waals surface area (Å²) < 4.78 is 40.3. The van der Waals surface area contributed by atoms with E-state index in [1.165, 1.54) is 0 Å². The van der Waals surface area contributed by atoms with Crippen LogP contribution in [0.2, 0.25) is 0 Å². The van der Waals surface area contributed by atoms with Gasteiger partial charge in [0.15, 0.2) is 0 Å². The maximum absolute atomic E-state index is 11.3. The molecular weight excluding hydrogens is 346 g/mol. The fourth-order valence-electron chi connectivity index (χ4n) is 2.78. The third kappa shape index (κ3) is 3.02. The Hall–Kier alpha value is -2.68. The fourth-order valence-corrected chi connectivity index (χ4v) is 3.09. The molecule has 0 radical (unpaired) electrons. The Morgan fingerprint density at radius 2 is 1.64 bits per heavy atom. The van der Waals surface area contributed by atoms with Crippen LogP contribution in [0.5, 0.6) is 0 Å². The molecule has 1 aliphatic rings. The largest absolute Gasteiger partial charge is 0.359 e. The lowest BCUT2D eigenvalue weighted by atomic mass is 10.1. The molecule has 126 valence electrons. The van der Waals surface area contributed by atoms with Gasteiger partial charge in [-0.1, -0.05) is 48.5 Å². The maximum atomic E-state index is 11.3. The van der Waals surface area contributed by atoms with Crippen molar-refractivity contribution in [3.05, 3.63) is 78.6 Å². The van der Waals surface area contributed by atoms with Crippen LogP contribution in [0.1, 0.15) is 5.56 Å². The number of hydrogen-bond acceptors (Lipinski definition) is 6. The first kappa shape index (κ1) is 15.8. The molecule has 25 heavy (non-hydrogen) atoms. The second kappa shape index (κ2) is 5.99. The van der Waals surface area contributed by atoms with Crippen LogP contribution in [0.15, 0.2) is 73.1 Å². The van der Waals surface area contributed by atoms with Gasteiger partial charge in [0.1, 0.15) is 16.4 Å². The van der Waals surface area contributed by atoms with Crippen LogP contribution in [-0.4, -0.2) is 0 Å². The van der Waals surface area contributed by atoms with E-state index in [0.29, 0.717) is 17.1 Å². The summed E-state index contributed by atoms with van der Waals surface area (Å²) in [6.45, 7) is 0. The molecule has 0 fully saturated rings. The average Bonchev–Trinajstić information content (AvgIpc) is 2.61. The van der Waals surface area contributed by atoms with Crippen molar-refractivity contribution in [2.24, 2.45) is 0 Å². The summed E-state index contributed by atoms with van der Waals surface area (Å²) in [7, 11) is -4.68. The number of fused-ring (bicyclic) bond motifs is 3. The summed E-state index contributed by atoms with van der Waals surface area (Å²) in [6, 6.07) is 18.3. The van der Waals surface area contributed by atoms with E-state index in [0.717, 1.165) is 15.8 Å². The zero-order chi connectivity index (χ0) is 17.4. The number of hydroxylamine groups is 1. The van der Waals surface area contributed by atoms with E-state index in [9.17, 15) is 14.0 Å². The molecule has 2 aromatic carbocycles. The Bertz CT molecular complexity index is 957. The molecule has 0 aliphatic carbocycles. The third-order valence-corrected chi connectivity index (χ3v) is 4.11. The van der Waals surface area contributed by atoms with E-state index in [-0.39, 0.29) is 0 Å². The Morgan fingerprint density at radius 3 is 2.40 bits per heavy atom. The molecule has 7 nitrogen and oxygen atoms in total. The average molecular weight is 359 g/mol. The third-order valence-electron chi connectivity index (χ3n) is 3.81. The predicted molar refractivity (Wildman–Crippen MR) is 81.5 cm³/mol. The smallest absolute Gasteiger partial charge is 0.227 e. The summed E-state index contributed by atoms with van der Waals surface area (Å²) in [6.07, 6.45) is 3.29. The minimum atomic E-state index is -4.68. The van der Waals surface area contributed by atoms with Crippen molar-refractivity contribution in [1.29, 1.82) is 0 Å². The number of halogens is 1. The summed E-state index contributed by atoms with van der Waals surface area (Å²) in [5.74, 6) is 0.381. The van der Waals surface area contributed by atoms with Gasteiger partial charge in [-0.3, -0.25) is 0 Å². The number of pyridine rings is 1. The number of rotatable bonds is 3. The molecule has 0 unspecified atom stereocenters. The van der Waals surface area contributed by atoms with Gasteiger partial charge < -0.3 is 0 Å². The first-order valence-corrected chi connectivity index (χ1v) is 8.62. The Balaban J connectivity index is 1.93. The molecule has 1 aromatic heterocycles. The second-order valence-electron chi connectivity index (χ2n) is 5.36. The van der Waals surface area contributed by atoms with Gasteiger partial charge in [0, 0.05) is 5.56 Å². The van der Waals surface area contributed by atoms with Gasteiger partial charge in [-0.25, -0.2) is 5.43 Å². The van der Waals surface area contributed by atoms with E-state index in [2.05, 4.69) is 5.43 Å². The maximum Gasteiger partial charge on any atom is 0.359 e. The quantitative estimate of drug-likeness (QED) is 0.623. The molecule has 1 N–H and O–H groups in total. The van der Waals surface area contributed by atoms with Crippen LogP contribution in [-0.2, 0) is 4.39 Å². The molecule has 8 heteroatoms. The minimum Gasteiger partial charge on any atom is -0.227 e. The SMILES string of the molecule is [O-][Cl+3]([O-])([O-])ON1C(c2ccccc2)=CN[n+]2ccc3ccccc3c21. The number of benzene rings is 2. The van der Waals surface area contributed by atoms with E-state index in [4.69, 9.17) is 4.39 Å². The fraction of sp³-hybridized carbons (Fsp3) is 0. The first-order valence-electron chi connectivity index (χ1n) is 7.39. The highest BCUT2D eigenvalue weighted by molar-refractivity contribution is 5.94. The Labute approximate surface area is 145 Å². The molecule has 1 aliphatic heterocycles. The van der Waals surface area contributed by atoms with Crippen molar-refractivity contribution in [1.82, 2.24) is 0 Å². The first-order chi connectivity index (χ1) is 12.0. The lowest BCUT2D eigenvalue weighted by molar-refractivity contribution is -1.92. The van der Waals surface area contributed by atoms with Crippen molar-refractivity contribution in [2.45, 2.75) is 0 Å². The molecular formula is C17H13ClN3O4+. The Kier molecular flexibility index (Phi) is 3.79. The number of aromatic nitrogens is 1. The lowest BCUT2D eigenvalue weighted by Crippen LogP contribution is -2.65. The van der Waals surface area contributed by atoms with E-state index >= 15 is 0 Å². The van der Waals surface area contributed by atoms with Gasteiger partial charge in [-0.2, -0.15) is 14.0 Å². The van der Waals surface area contributed by atoms with Crippen LogP contribution in [0, 0.1) is 10.2 Å². The molecule has 3 aromatic rings. The number of nitrogens with one attached hydrogen (secondary N) is 1. The minimum absolute atomic E-state index is 0.381. The number of hydrogen-bond donors (Lipinski definition) is 1. The molecule has 0 bridgehead atoms. The van der Waals surface area contributed by atoms with Gasteiger partial charge >= 0.3 is 5.82 Å². The van der Waals surface area contributed by atoms with Crippen LogP contribution >= 0.6 is 0 Å². The summed E-state index contributed by atoms with van der Waals surface area (Å²) in [5, 5.41) is 2.62. The molecule has 0 saturated carbocycles. The van der Waals surface area contributed by atoms with Crippen LogP contribution in [0.4, 0.5) is 5.82 Å². The molecule has 0 amide bonds. The van der Waals surface area contributed by atoms with Gasteiger partial charge in [0.25, 0.3) is 4.39 Å². The monoisotopic (exact) mass is 358 g/mol. The van der Waals surface area contributed by atoms with E-state index in [1.807, 2.05) is 48.5 Å². The Morgan fingerprint density at radius 1 is 0.920 bits per heavy atom. The normalized spacial score (nSPS) is 14.0. The summed E-state index contributed by atoms with van der Waals surface area (Å²) in [4.78, 5) is 0. The van der Waals surface area contributed by atoms with Gasteiger partial charge in [0.2, 0.25) is 5.70 Å². The molecule has 0 atom stereocenters. The van der Waals surface area contributed by atoms with Gasteiger partial charge in [-0.15, -0.1) is 4.68 Å². The highest BCUT2D eigenvalue weighted by Gasteiger charge is 2.44. The molecule has 4 rings (SSSR count). The second-order valence-corrected chi connectivity index (χ2v) is 6.26. The van der Waals surface area contributed by atoms with Crippen molar-refractivity contribution in [3.63, 3.8) is 0 Å². The van der Waals surface area contributed by atoms with Gasteiger partial charge in [-0.05, 0) is 17.5 Å².